The molecule has 6 nitrogen and oxygen atoms in total. The molecule has 0 fully saturated rings. The van der Waals surface area contributed by atoms with Crippen molar-refractivity contribution in [3.63, 3.8) is 0 Å². The molecule has 0 radical (unpaired) electrons. The first-order valence-electron chi connectivity index (χ1n) is 9.90. The number of nitrogens with one attached hydrogen (secondary N) is 1. The lowest BCUT2D eigenvalue weighted by Gasteiger charge is -2.12. The van der Waals surface area contributed by atoms with Crippen molar-refractivity contribution in [1.82, 2.24) is 14.8 Å². The second-order valence-corrected chi connectivity index (χ2v) is 8.24. The molecule has 0 saturated heterocycles. The zero-order valence-electron chi connectivity index (χ0n) is 17.3. The summed E-state index contributed by atoms with van der Waals surface area (Å²) in [7, 11) is 0. The lowest BCUT2D eigenvalue weighted by molar-refractivity contribution is -0.113. The van der Waals surface area contributed by atoms with E-state index in [2.05, 4.69) is 29.4 Å². The smallest absolute Gasteiger partial charge is 0.234 e. The van der Waals surface area contributed by atoms with Gasteiger partial charge in [0.2, 0.25) is 5.91 Å². The normalized spacial score (nSPS) is 11.0. The highest BCUT2D eigenvalue weighted by Gasteiger charge is 2.16. The van der Waals surface area contributed by atoms with E-state index in [1.54, 1.807) is 0 Å². The number of anilines is 1. The third kappa shape index (κ3) is 6.78. The summed E-state index contributed by atoms with van der Waals surface area (Å²) in [6.07, 6.45) is 0.914. The molecular weight excluding hydrogens is 422 g/mol. The summed E-state index contributed by atoms with van der Waals surface area (Å²) in [6, 6.07) is 12.4. The Morgan fingerprint density at radius 1 is 1.16 bits per heavy atom. The van der Waals surface area contributed by atoms with Crippen LogP contribution < -0.4 is 10.1 Å². The van der Waals surface area contributed by atoms with Crippen molar-refractivity contribution in [2.45, 2.75) is 38.6 Å². The quantitative estimate of drug-likeness (QED) is 0.448. The molecule has 0 atom stereocenters. The molecule has 1 heterocycles. The van der Waals surface area contributed by atoms with E-state index in [0.29, 0.717) is 23.4 Å². The minimum absolute atomic E-state index is 0.0101. The van der Waals surface area contributed by atoms with Gasteiger partial charge in [0.1, 0.15) is 24.0 Å². The standard InChI is InChI=1S/C22H24F2N4O2S/c1-15(2)10-11-28-20(13-30-17-6-4-3-5-7-17)26-27-22(28)31-14-21(29)25-19-9-8-16(23)12-18(19)24/h3-9,12,15H,10-11,13-14H2,1-2H3,(H,25,29). The van der Waals surface area contributed by atoms with Crippen molar-refractivity contribution >= 4 is 23.4 Å². The molecule has 1 N–H and O–H groups in total. The average Bonchev–Trinajstić information content (AvgIpc) is 3.13. The minimum Gasteiger partial charge on any atom is -0.486 e. The van der Waals surface area contributed by atoms with Crippen LogP contribution >= 0.6 is 11.8 Å². The number of carbonyl (C=O) groups excluding carboxylic acids is 1. The number of carbonyl (C=O) groups is 1. The van der Waals surface area contributed by atoms with E-state index in [0.717, 1.165) is 24.3 Å². The van der Waals surface area contributed by atoms with Crippen molar-refractivity contribution < 1.29 is 18.3 Å². The van der Waals surface area contributed by atoms with E-state index >= 15 is 0 Å². The largest absolute Gasteiger partial charge is 0.486 e. The fourth-order valence-electron chi connectivity index (χ4n) is 2.72. The Balaban J connectivity index is 1.64. The summed E-state index contributed by atoms with van der Waals surface area (Å²) < 4.78 is 34.5. The van der Waals surface area contributed by atoms with E-state index in [-0.39, 0.29) is 18.0 Å². The fraction of sp³-hybridized carbons (Fsp3) is 0.318. The SMILES string of the molecule is CC(C)CCn1c(COc2ccccc2)nnc1SCC(=O)Nc1ccc(F)cc1F. The zero-order chi connectivity index (χ0) is 22.2. The van der Waals surface area contributed by atoms with Crippen LogP contribution in [0.4, 0.5) is 14.5 Å². The summed E-state index contributed by atoms with van der Waals surface area (Å²) in [4.78, 5) is 12.2. The van der Waals surface area contributed by atoms with E-state index in [4.69, 9.17) is 4.74 Å². The molecule has 3 rings (SSSR count). The molecule has 0 aliphatic carbocycles. The van der Waals surface area contributed by atoms with Crippen LogP contribution in [0.1, 0.15) is 26.1 Å². The van der Waals surface area contributed by atoms with Gasteiger partial charge in [0, 0.05) is 12.6 Å². The summed E-state index contributed by atoms with van der Waals surface area (Å²) in [5.74, 6) is -0.0558. The van der Waals surface area contributed by atoms with Crippen molar-refractivity contribution in [1.29, 1.82) is 0 Å². The van der Waals surface area contributed by atoms with Gasteiger partial charge in [-0.3, -0.25) is 4.79 Å². The number of ether oxygens (including phenoxy) is 1. The number of para-hydroxylation sites is 1. The molecule has 1 amide bonds. The van der Waals surface area contributed by atoms with E-state index in [9.17, 15) is 13.6 Å². The Kier molecular flexibility index (Phi) is 8.00. The van der Waals surface area contributed by atoms with Crippen molar-refractivity contribution in [3.05, 3.63) is 66.0 Å². The number of benzene rings is 2. The van der Waals surface area contributed by atoms with Crippen LogP contribution in [0.3, 0.4) is 0 Å². The maximum absolute atomic E-state index is 13.7. The highest BCUT2D eigenvalue weighted by atomic mass is 32.2. The lowest BCUT2D eigenvalue weighted by Crippen LogP contribution is -2.16. The Morgan fingerprint density at radius 3 is 2.65 bits per heavy atom. The Bertz CT molecular complexity index is 1010. The maximum atomic E-state index is 13.7. The molecule has 0 bridgehead atoms. The number of hydrogen-bond acceptors (Lipinski definition) is 5. The molecule has 164 valence electrons. The third-order valence-corrected chi connectivity index (χ3v) is 5.34. The number of hydrogen-bond donors (Lipinski definition) is 1. The summed E-state index contributed by atoms with van der Waals surface area (Å²) in [5.41, 5.74) is -0.0646. The van der Waals surface area contributed by atoms with Gasteiger partial charge in [-0.1, -0.05) is 43.8 Å². The zero-order valence-corrected chi connectivity index (χ0v) is 18.2. The maximum Gasteiger partial charge on any atom is 0.234 e. The molecule has 3 aromatic rings. The Morgan fingerprint density at radius 2 is 1.94 bits per heavy atom. The van der Waals surface area contributed by atoms with Gasteiger partial charge in [-0.25, -0.2) is 8.78 Å². The third-order valence-electron chi connectivity index (χ3n) is 4.37. The predicted molar refractivity (Wildman–Crippen MR) is 116 cm³/mol. The number of nitrogens with zero attached hydrogens (tertiary/aromatic N) is 3. The molecular formula is C22H24F2N4O2S. The van der Waals surface area contributed by atoms with Crippen LogP contribution in [-0.2, 0) is 17.9 Å². The first kappa shape index (κ1) is 22.7. The van der Waals surface area contributed by atoms with Crippen LogP contribution in [0.5, 0.6) is 5.75 Å². The average molecular weight is 447 g/mol. The van der Waals surface area contributed by atoms with Gasteiger partial charge < -0.3 is 14.6 Å². The van der Waals surface area contributed by atoms with Crippen molar-refractivity contribution in [2.75, 3.05) is 11.1 Å². The number of amides is 1. The second-order valence-electron chi connectivity index (χ2n) is 7.30. The Hall–Kier alpha value is -2.94. The van der Waals surface area contributed by atoms with E-state index < -0.39 is 17.5 Å². The molecule has 9 heteroatoms. The molecule has 0 unspecified atom stereocenters. The van der Waals surface area contributed by atoms with Gasteiger partial charge in [0.15, 0.2) is 11.0 Å². The van der Waals surface area contributed by atoms with Gasteiger partial charge in [-0.05, 0) is 36.6 Å². The topological polar surface area (TPSA) is 69.0 Å². The highest BCUT2D eigenvalue weighted by molar-refractivity contribution is 7.99. The second kappa shape index (κ2) is 10.9. The molecule has 0 saturated carbocycles. The van der Waals surface area contributed by atoms with E-state index in [1.807, 2.05) is 34.9 Å². The van der Waals surface area contributed by atoms with Gasteiger partial charge in [-0.15, -0.1) is 10.2 Å². The van der Waals surface area contributed by atoms with Crippen molar-refractivity contribution in [3.8, 4) is 5.75 Å². The van der Waals surface area contributed by atoms with Crippen LogP contribution in [0.25, 0.3) is 0 Å². The van der Waals surface area contributed by atoms with Crippen molar-refractivity contribution in [2.24, 2.45) is 5.92 Å². The summed E-state index contributed by atoms with van der Waals surface area (Å²) in [6.45, 7) is 5.20. The summed E-state index contributed by atoms with van der Waals surface area (Å²) >= 11 is 1.20. The van der Waals surface area contributed by atoms with Gasteiger partial charge in [-0.2, -0.15) is 0 Å². The highest BCUT2D eigenvalue weighted by Crippen LogP contribution is 2.21. The first-order valence-corrected chi connectivity index (χ1v) is 10.9. The number of rotatable bonds is 10. The molecule has 0 spiro atoms. The number of halogens is 2. The van der Waals surface area contributed by atoms with E-state index in [1.165, 1.54) is 17.8 Å². The van der Waals surface area contributed by atoms with Gasteiger partial charge in [0.25, 0.3) is 0 Å². The monoisotopic (exact) mass is 446 g/mol. The summed E-state index contributed by atoms with van der Waals surface area (Å²) in [5, 5.41) is 11.5. The predicted octanol–water partition coefficient (Wildman–Crippen LogP) is 4.91. The Labute approximate surface area is 184 Å². The number of aromatic nitrogens is 3. The van der Waals surface area contributed by atoms with Crippen LogP contribution in [0.15, 0.2) is 53.7 Å². The van der Waals surface area contributed by atoms with Crippen LogP contribution in [-0.4, -0.2) is 26.4 Å². The van der Waals surface area contributed by atoms with Crippen LogP contribution in [0.2, 0.25) is 0 Å². The molecule has 2 aromatic carbocycles. The molecule has 0 aliphatic heterocycles. The molecule has 0 aliphatic rings. The lowest BCUT2D eigenvalue weighted by atomic mass is 10.1. The molecule has 31 heavy (non-hydrogen) atoms. The fourth-order valence-corrected chi connectivity index (χ4v) is 3.50. The minimum atomic E-state index is -0.821. The first-order chi connectivity index (χ1) is 14.9. The van der Waals surface area contributed by atoms with Gasteiger partial charge in [0.05, 0.1) is 11.4 Å². The van der Waals surface area contributed by atoms with Gasteiger partial charge >= 0.3 is 0 Å². The number of thioether (sulfide) groups is 1. The molecule has 1 aromatic heterocycles. The van der Waals surface area contributed by atoms with Crippen LogP contribution in [0, 0.1) is 17.6 Å².